The molecule has 0 radical (unpaired) electrons. The van der Waals surface area contributed by atoms with Crippen LogP contribution in [0.15, 0.2) is 46.4 Å². The summed E-state index contributed by atoms with van der Waals surface area (Å²) in [7, 11) is 0. The van der Waals surface area contributed by atoms with E-state index >= 15 is 0 Å². The van der Waals surface area contributed by atoms with Gasteiger partial charge >= 0.3 is 0 Å². The quantitative estimate of drug-likeness (QED) is 0.579. The van der Waals surface area contributed by atoms with Gasteiger partial charge in [-0.1, -0.05) is 30.0 Å². The third kappa shape index (κ3) is 1.69. The van der Waals surface area contributed by atoms with Crippen molar-refractivity contribution in [2.24, 2.45) is 0 Å². The van der Waals surface area contributed by atoms with E-state index in [1.165, 1.54) is 4.90 Å². The number of ether oxygens (including phenoxy) is 1. The number of hydrogen-bond donors (Lipinski definition) is 0. The number of carbonyl (C=O) groups is 1. The van der Waals surface area contributed by atoms with Gasteiger partial charge in [-0.25, -0.2) is 0 Å². The maximum absolute atomic E-state index is 11.1. The Labute approximate surface area is 98.1 Å². The first-order valence-corrected chi connectivity index (χ1v) is 6.08. The van der Waals surface area contributed by atoms with E-state index in [0.29, 0.717) is 13.0 Å². The topological polar surface area (TPSA) is 29.5 Å². The molecule has 2 heterocycles. The van der Waals surface area contributed by atoms with Crippen molar-refractivity contribution >= 4 is 17.7 Å². The van der Waals surface area contributed by atoms with E-state index < -0.39 is 0 Å². The number of nitrogens with zero attached hydrogens (tertiary/aromatic N) is 1. The summed E-state index contributed by atoms with van der Waals surface area (Å²) in [6.45, 7) is 0.628. The zero-order chi connectivity index (χ0) is 11.0. The van der Waals surface area contributed by atoms with Crippen molar-refractivity contribution in [3.05, 3.63) is 41.5 Å². The third-order valence-corrected chi connectivity index (χ3v) is 3.63. The van der Waals surface area contributed by atoms with Crippen molar-refractivity contribution in [3.8, 4) is 0 Å². The molecule has 2 aliphatic heterocycles. The molecule has 0 aromatic heterocycles. The monoisotopic (exact) mass is 233 g/mol. The minimum atomic E-state index is 0.00937. The Bertz CT molecular complexity index is 444. The molecule has 0 spiro atoms. The Morgan fingerprint density at radius 3 is 2.88 bits per heavy atom. The first-order chi connectivity index (χ1) is 7.83. The average Bonchev–Trinajstić information content (AvgIpc) is 2.65. The van der Waals surface area contributed by atoms with Crippen molar-refractivity contribution in [2.45, 2.75) is 17.5 Å². The lowest BCUT2D eigenvalue weighted by molar-refractivity contribution is -0.153. The van der Waals surface area contributed by atoms with Crippen LogP contribution in [0.2, 0.25) is 0 Å². The summed E-state index contributed by atoms with van der Waals surface area (Å²) in [5.41, 5.74) is 0. The molecule has 0 saturated carbocycles. The Hall–Kier alpha value is -1.42. The molecule has 0 N–H and O–H groups in total. The summed E-state index contributed by atoms with van der Waals surface area (Å²) >= 11 is 1.63. The Morgan fingerprint density at radius 1 is 1.38 bits per heavy atom. The highest BCUT2D eigenvalue weighted by molar-refractivity contribution is 8.02. The number of amides is 1. The molecular formula is C12H11NO2S. The van der Waals surface area contributed by atoms with Gasteiger partial charge in [0.25, 0.3) is 0 Å². The SMILES string of the molecule is O=C1C[C@H]2O/C(=C/Sc3ccccc3)CN12. The van der Waals surface area contributed by atoms with Crippen LogP contribution in [0.1, 0.15) is 6.42 Å². The van der Waals surface area contributed by atoms with Gasteiger partial charge in [0.05, 0.1) is 13.0 Å². The number of benzene rings is 1. The number of β-lactam (4-membered cyclic amide) rings is 1. The predicted octanol–water partition coefficient (Wildman–Crippen LogP) is 2.21. The van der Waals surface area contributed by atoms with E-state index in [9.17, 15) is 4.79 Å². The van der Waals surface area contributed by atoms with E-state index in [-0.39, 0.29) is 12.1 Å². The van der Waals surface area contributed by atoms with Gasteiger partial charge < -0.3 is 4.74 Å². The molecule has 1 aromatic rings. The molecule has 2 saturated heterocycles. The fourth-order valence-corrected chi connectivity index (χ4v) is 2.51. The molecule has 0 unspecified atom stereocenters. The lowest BCUT2D eigenvalue weighted by Crippen LogP contribution is -2.48. The van der Waals surface area contributed by atoms with Crippen LogP contribution in [0, 0.1) is 0 Å². The minimum Gasteiger partial charge on any atom is -0.472 e. The molecule has 3 rings (SSSR count). The van der Waals surface area contributed by atoms with Gasteiger partial charge in [-0.05, 0) is 12.1 Å². The van der Waals surface area contributed by atoms with Crippen LogP contribution in [0.3, 0.4) is 0 Å². The van der Waals surface area contributed by atoms with Gasteiger partial charge in [-0.3, -0.25) is 9.69 Å². The van der Waals surface area contributed by atoms with Crippen LogP contribution in [-0.2, 0) is 9.53 Å². The smallest absolute Gasteiger partial charge is 0.231 e. The average molecular weight is 233 g/mol. The van der Waals surface area contributed by atoms with Gasteiger partial charge in [-0.15, -0.1) is 0 Å². The Kier molecular flexibility index (Phi) is 2.36. The van der Waals surface area contributed by atoms with Gasteiger partial charge in [0, 0.05) is 10.3 Å². The molecule has 4 heteroatoms. The molecule has 1 amide bonds. The van der Waals surface area contributed by atoms with Crippen LogP contribution < -0.4 is 0 Å². The second-order valence-electron chi connectivity index (χ2n) is 3.81. The second kappa shape index (κ2) is 3.87. The molecule has 2 aliphatic rings. The maximum Gasteiger partial charge on any atom is 0.231 e. The van der Waals surface area contributed by atoms with Gasteiger partial charge in [0.15, 0.2) is 6.23 Å². The van der Waals surface area contributed by atoms with E-state index in [1.807, 2.05) is 23.6 Å². The lowest BCUT2D eigenvalue weighted by atomic mass is 10.2. The zero-order valence-electron chi connectivity index (χ0n) is 8.63. The van der Waals surface area contributed by atoms with E-state index in [1.54, 1.807) is 16.7 Å². The van der Waals surface area contributed by atoms with Crippen molar-refractivity contribution < 1.29 is 9.53 Å². The van der Waals surface area contributed by atoms with Crippen molar-refractivity contribution in [1.82, 2.24) is 4.90 Å². The highest BCUT2D eigenvalue weighted by Crippen LogP contribution is 2.32. The zero-order valence-corrected chi connectivity index (χ0v) is 9.44. The third-order valence-electron chi connectivity index (χ3n) is 2.70. The number of rotatable bonds is 2. The summed E-state index contributed by atoms with van der Waals surface area (Å²) in [4.78, 5) is 14.1. The standard InChI is InChI=1S/C12H11NO2S/c14-11-6-12-13(11)7-9(15-12)8-16-10-4-2-1-3-5-10/h1-5,8,12H,6-7H2/b9-8+/t12-/m1/s1. The summed E-state index contributed by atoms with van der Waals surface area (Å²) < 4.78 is 5.60. The Balaban J connectivity index is 1.65. The summed E-state index contributed by atoms with van der Waals surface area (Å²) in [5.74, 6) is 1.09. The molecule has 82 valence electrons. The van der Waals surface area contributed by atoms with Crippen molar-refractivity contribution in [1.29, 1.82) is 0 Å². The number of hydrogen-bond acceptors (Lipinski definition) is 3. The molecule has 0 aliphatic carbocycles. The van der Waals surface area contributed by atoms with Crippen molar-refractivity contribution in [2.75, 3.05) is 6.54 Å². The van der Waals surface area contributed by atoms with Crippen molar-refractivity contribution in [3.63, 3.8) is 0 Å². The maximum atomic E-state index is 11.1. The highest BCUT2D eigenvalue weighted by Gasteiger charge is 2.43. The summed E-state index contributed by atoms with van der Waals surface area (Å²) in [6, 6.07) is 10.1. The summed E-state index contributed by atoms with van der Waals surface area (Å²) in [6.07, 6.45) is 0.544. The van der Waals surface area contributed by atoms with Crippen LogP contribution in [0.25, 0.3) is 0 Å². The van der Waals surface area contributed by atoms with Gasteiger partial charge in [0.2, 0.25) is 5.91 Å². The highest BCUT2D eigenvalue weighted by atomic mass is 32.2. The van der Waals surface area contributed by atoms with E-state index in [4.69, 9.17) is 4.74 Å². The largest absolute Gasteiger partial charge is 0.472 e. The van der Waals surface area contributed by atoms with E-state index in [2.05, 4.69) is 12.1 Å². The fraction of sp³-hybridized carbons (Fsp3) is 0.250. The molecule has 0 bridgehead atoms. The predicted molar refractivity (Wildman–Crippen MR) is 61.6 cm³/mol. The van der Waals surface area contributed by atoms with Crippen LogP contribution in [0.4, 0.5) is 0 Å². The van der Waals surface area contributed by atoms with Crippen LogP contribution in [0.5, 0.6) is 0 Å². The number of thioether (sulfide) groups is 1. The molecule has 1 atom stereocenters. The number of fused-ring (bicyclic) bond motifs is 1. The first kappa shape index (κ1) is 9.78. The minimum absolute atomic E-state index is 0.00937. The van der Waals surface area contributed by atoms with Crippen LogP contribution in [-0.4, -0.2) is 23.6 Å². The fourth-order valence-electron chi connectivity index (χ4n) is 1.80. The normalized spacial score (nSPS) is 25.2. The summed E-state index contributed by atoms with van der Waals surface area (Å²) in [5, 5.41) is 1.99. The van der Waals surface area contributed by atoms with E-state index in [0.717, 1.165) is 5.76 Å². The van der Waals surface area contributed by atoms with Gasteiger partial charge in [-0.2, -0.15) is 0 Å². The molecule has 2 fully saturated rings. The second-order valence-corrected chi connectivity index (χ2v) is 4.76. The first-order valence-electron chi connectivity index (χ1n) is 5.20. The van der Waals surface area contributed by atoms with Gasteiger partial charge in [0.1, 0.15) is 5.76 Å². The molecule has 1 aromatic carbocycles. The lowest BCUT2D eigenvalue weighted by Gasteiger charge is -2.30. The Morgan fingerprint density at radius 2 is 2.19 bits per heavy atom. The molecular weight excluding hydrogens is 222 g/mol. The number of carbonyl (C=O) groups excluding carboxylic acids is 1. The molecule has 16 heavy (non-hydrogen) atoms. The van der Waals surface area contributed by atoms with Crippen LogP contribution >= 0.6 is 11.8 Å². The molecule has 3 nitrogen and oxygen atoms in total.